The normalized spacial score (nSPS) is 12.1. The maximum Gasteiger partial charge on any atom is 0.264 e. The highest BCUT2D eigenvalue weighted by molar-refractivity contribution is 7.92. The predicted molar refractivity (Wildman–Crippen MR) is 156 cm³/mol. The maximum absolute atomic E-state index is 14.0. The Hall–Kier alpha value is -3.65. The van der Waals surface area contributed by atoms with E-state index >= 15 is 0 Å². The van der Waals surface area contributed by atoms with Crippen LogP contribution in [0.4, 0.5) is 5.69 Å². The number of nitrogens with zero attached hydrogens (tertiary/aromatic N) is 2. The highest BCUT2D eigenvalue weighted by Gasteiger charge is 2.33. The lowest BCUT2D eigenvalue weighted by molar-refractivity contribution is -0.139. The Morgan fingerprint density at radius 3 is 2.13 bits per heavy atom. The molecule has 3 rings (SSSR count). The fourth-order valence-corrected chi connectivity index (χ4v) is 5.90. The third-order valence-electron chi connectivity index (χ3n) is 6.66. The van der Waals surface area contributed by atoms with Crippen molar-refractivity contribution in [3.05, 3.63) is 94.5 Å². The van der Waals surface area contributed by atoms with Crippen LogP contribution < -0.4 is 9.62 Å². The molecule has 39 heavy (non-hydrogen) atoms. The van der Waals surface area contributed by atoms with Gasteiger partial charge in [-0.15, -0.1) is 0 Å². The zero-order valence-electron chi connectivity index (χ0n) is 23.7. The Balaban J connectivity index is 2.05. The van der Waals surface area contributed by atoms with Gasteiger partial charge in [0.2, 0.25) is 11.8 Å². The number of hydrogen-bond acceptors (Lipinski definition) is 4. The summed E-state index contributed by atoms with van der Waals surface area (Å²) in [6.45, 7) is 11.5. The minimum absolute atomic E-state index is 0.0971. The summed E-state index contributed by atoms with van der Waals surface area (Å²) in [7, 11) is -4.09. The number of sulfonamides is 1. The Morgan fingerprint density at radius 2 is 1.51 bits per heavy atom. The van der Waals surface area contributed by atoms with Gasteiger partial charge >= 0.3 is 0 Å². The van der Waals surface area contributed by atoms with Crippen molar-refractivity contribution in [3.8, 4) is 0 Å². The molecule has 8 heteroatoms. The van der Waals surface area contributed by atoms with E-state index in [1.165, 1.54) is 4.90 Å². The summed E-state index contributed by atoms with van der Waals surface area (Å²) in [5.41, 5.74) is 4.96. The van der Waals surface area contributed by atoms with E-state index in [0.717, 1.165) is 38.5 Å². The lowest BCUT2D eigenvalue weighted by Gasteiger charge is -2.32. The average molecular weight is 550 g/mol. The summed E-state index contributed by atoms with van der Waals surface area (Å²) >= 11 is 0. The number of rotatable bonds is 11. The molecule has 0 aliphatic rings. The number of nitrogens with one attached hydrogen (secondary N) is 1. The maximum atomic E-state index is 14.0. The summed E-state index contributed by atoms with van der Waals surface area (Å²) in [5, 5.41) is 2.86. The van der Waals surface area contributed by atoms with Gasteiger partial charge in [0.15, 0.2) is 0 Å². The number of aryl methyl sites for hydroxylation is 4. The van der Waals surface area contributed by atoms with E-state index < -0.39 is 28.5 Å². The third kappa shape index (κ3) is 7.47. The van der Waals surface area contributed by atoms with Gasteiger partial charge in [0.1, 0.15) is 12.6 Å². The molecule has 1 N–H and O–H groups in total. The second-order valence-corrected chi connectivity index (χ2v) is 12.0. The molecule has 0 saturated carbocycles. The molecule has 3 aromatic rings. The molecule has 208 valence electrons. The molecule has 7 nitrogen and oxygen atoms in total. The minimum Gasteiger partial charge on any atom is -0.354 e. The first kappa shape index (κ1) is 29.9. The van der Waals surface area contributed by atoms with E-state index in [4.69, 9.17) is 0 Å². The van der Waals surface area contributed by atoms with Gasteiger partial charge in [-0.1, -0.05) is 72.1 Å². The van der Waals surface area contributed by atoms with Crippen LogP contribution in [-0.4, -0.2) is 44.3 Å². The van der Waals surface area contributed by atoms with Gasteiger partial charge in [0.25, 0.3) is 10.0 Å². The summed E-state index contributed by atoms with van der Waals surface area (Å²) in [6, 6.07) is 18.9. The van der Waals surface area contributed by atoms with E-state index in [0.29, 0.717) is 12.2 Å². The topological polar surface area (TPSA) is 86.8 Å². The first-order chi connectivity index (χ1) is 18.4. The van der Waals surface area contributed by atoms with Crippen molar-refractivity contribution >= 4 is 27.5 Å². The molecule has 0 aromatic heterocycles. The van der Waals surface area contributed by atoms with Gasteiger partial charge in [-0.3, -0.25) is 13.9 Å². The monoisotopic (exact) mass is 549 g/mol. The Kier molecular flexibility index (Phi) is 9.92. The van der Waals surface area contributed by atoms with E-state index in [2.05, 4.69) is 5.32 Å². The first-order valence-corrected chi connectivity index (χ1v) is 14.7. The Bertz CT molecular complexity index is 1420. The van der Waals surface area contributed by atoms with E-state index in [-0.39, 0.29) is 17.3 Å². The van der Waals surface area contributed by atoms with Crippen molar-refractivity contribution in [3.63, 3.8) is 0 Å². The van der Waals surface area contributed by atoms with Crippen LogP contribution in [0.25, 0.3) is 0 Å². The lowest BCUT2D eigenvalue weighted by atomic mass is 10.1. The number of hydrogen-bond donors (Lipinski definition) is 1. The fraction of sp³-hybridized carbons (Fsp3) is 0.355. The third-order valence-corrected chi connectivity index (χ3v) is 8.43. The summed E-state index contributed by atoms with van der Waals surface area (Å²) in [4.78, 5) is 28.5. The van der Waals surface area contributed by atoms with Crippen molar-refractivity contribution in [1.82, 2.24) is 10.2 Å². The first-order valence-electron chi connectivity index (χ1n) is 13.2. The van der Waals surface area contributed by atoms with Gasteiger partial charge in [-0.25, -0.2) is 8.42 Å². The Morgan fingerprint density at radius 1 is 0.872 bits per heavy atom. The number of benzene rings is 3. The zero-order chi connectivity index (χ0) is 28.7. The molecule has 2 amide bonds. The van der Waals surface area contributed by atoms with Crippen LogP contribution in [0.1, 0.15) is 48.1 Å². The largest absolute Gasteiger partial charge is 0.354 e. The van der Waals surface area contributed by atoms with Crippen molar-refractivity contribution in [2.24, 2.45) is 0 Å². The zero-order valence-corrected chi connectivity index (χ0v) is 24.5. The van der Waals surface area contributed by atoms with Crippen LogP contribution >= 0.6 is 0 Å². The van der Waals surface area contributed by atoms with Crippen molar-refractivity contribution in [2.75, 3.05) is 17.4 Å². The molecule has 0 spiro atoms. The Labute approximate surface area is 232 Å². The van der Waals surface area contributed by atoms with E-state index in [1.54, 1.807) is 37.3 Å². The highest BCUT2D eigenvalue weighted by atomic mass is 32.2. The van der Waals surface area contributed by atoms with Gasteiger partial charge < -0.3 is 10.2 Å². The molecular weight excluding hydrogens is 510 g/mol. The molecule has 0 aliphatic carbocycles. The lowest BCUT2D eigenvalue weighted by Crippen LogP contribution is -2.51. The quantitative estimate of drug-likeness (QED) is 0.362. The standard InChI is InChI=1S/C31H39N3O4S/c1-7-17-32-31(36)26(6)33(20-27-10-8-9-23(3)19-27)30(35)21-34(29-16-13-24(4)18-25(29)5)39(37,38)28-14-11-22(2)12-15-28/h8-16,18-19,26H,7,17,20-21H2,1-6H3,(H,32,36)/t26-/m0/s1. The van der Waals surface area contributed by atoms with Crippen LogP contribution in [-0.2, 0) is 26.2 Å². The number of carbonyl (C=O) groups is 2. The van der Waals surface area contributed by atoms with Gasteiger partial charge in [0, 0.05) is 13.1 Å². The number of carbonyl (C=O) groups excluding carboxylic acids is 2. The van der Waals surface area contributed by atoms with E-state index in [1.807, 2.05) is 71.0 Å². The van der Waals surface area contributed by atoms with Gasteiger partial charge in [-0.2, -0.15) is 0 Å². The van der Waals surface area contributed by atoms with Crippen LogP contribution in [0.2, 0.25) is 0 Å². The average Bonchev–Trinajstić information content (AvgIpc) is 2.89. The van der Waals surface area contributed by atoms with E-state index in [9.17, 15) is 18.0 Å². The molecule has 0 aliphatic heterocycles. The van der Waals surface area contributed by atoms with Crippen LogP contribution in [0.15, 0.2) is 71.6 Å². The number of anilines is 1. The van der Waals surface area contributed by atoms with Crippen LogP contribution in [0, 0.1) is 27.7 Å². The smallest absolute Gasteiger partial charge is 0.264 e. The van der Waals surface area contributed by atoms with Crippen molar-refractivity contribution in [2.45, 2.75) is 65.4 Å². The summed E-state index contributed by atoms with van der Waals surface area (Å²) < 4.78 is 29.1. The molecule has 0 fully saturated rings. The van der Waals surface area contributed by atoms with Crippen molar-refractivity contribution in [1.29, 1.82) is 0 Å². The molecule has 0 unspecified atom stereocenters. The molecule has 1 atom stereocenters. The minimum atomic E-state index is -4.09. The van der Waals surface area contributed by atoms with Crippen LogP contribution in [0.3, 0.4) is 0 Å². The molecule has 0 heterocycles. The van der Waals surface area contributed by atoms with Crippen LogP contribution in [0.5, 0.6) is 0 Å². The highest BCUT2D eigenvalue weighted by Crippen LogP contribution is 2.28. The summed E-state index contributed by atoms with van der Waals surface area (Å²) in [6.07, 6.45) is 0.763. The molecule has 3 aromatic carbocycles. The summed E-state index contributed by atoms with van der Waals surface area (Å²) in [5.74, 6) is -0.747. The fourth-order valence-electron chi connectivity index (χ4n) is 4.42. The second kappa shape index (κ2) is 12.9. The second-order valence-electron chi connectivity index (χ2n) is 10.1. The van der Waals surface area contributed by atoms with Gasteiger partial charge in [-0.05, 0) is 70.4 Å². The number of amides is 2. The van der Waals surface area contributed by atoms with Gasteiger partial charge in [0.05, 0.1) is 10.6 Å². The molecule has 0 radical (unpaired) electrons. The van der Waals surface area contributed by atoms with Crippen molar-refractivity contribution < 1.29 is 18.0 Å². The SMILES string of the molecule is CCCNC(=O)[C@H](C)N(Cc1cccc(C)c1)C(=O)CN(c1ccc(C)cc1C)S(=O)(=O)c1ccc(C)cc1. The molecule has 0 saturated heterocycles. The predicted octanol–water partition coefficient (Wildman–Crippen LogP) is 5.06. The molecular formula is C31H39N3O4S. The molecule has 0 bridgehead atoms.